The average molecular weight is 306 g/mol. The summed E-state index contributed by atoms with van der Waals surface area (Å²) in [6.45, 7) is 0. The molecule has 1 aliphatic carbocycles. The Kier molecular flexibility index (Phi) is 3.38. The van der Waals surface area contributed by atoms with Gasteiger partial charge >= 0.3 is 0 Å². The minimum absolute atomic E-state index is 0.00489. The fourth-order valence-corrected chi connectivity index (χ4v) is 3.21. The highest BCUT2D eigenvalue weighted by molar-refractivity contribution is 7.23. The molecule has 4 N–H and O–H groups in total. The molecule has 1 aromatic carbocycles. The van der Waals surface area contributed by atoms with Crippen LogP contribution in [0.3, 0.4) is 0 Å². The number of amides is 2. The van der Waals surface area contributed by atoms with E-state index < -0.39 is 11.1 Å². The van der Waals surface area contributed by atoms with Crippen molar-refractivity contribution in [3.8, 4) is 0 Å². The van der Waals surface area contributed by atoms with Crippen LogP contribution >= 0.6 is 11.3 Å². The first-order chi connectivity index (χ1) is 9.97. The lowest BCUT2D eigenvalue weighted by molar-refractivity contribution is -0.715. The van der Waals surface area contributed by atoms with Crippen LogP contribution in [0.1, 0.15) is 23.2 Å². The van der Waals surface area contributed by atoms with Gasteiger partial charge in [-0.2, -0.15) is 0 Å². The average Bonchev–Trinajstić information content (AvgIpc) is 3.19. The van der Waals surface area contributed by atoms with Crippen molar-refractivity contribution >= 4 is 43.9 Å². The molecule has 8 heteroatoms. The number of hydrogen-bond acceptors (Lipinski definition) is 5. The smallest absolute Gasteiger partial charge is 0.252 e. The Morgan fingerprint density at radius 1 is 1.33 bits per heavy atom. The summed E-state index contributed by atoms with van der Waals surface area (Å²) in [5.41, 5.74) is 5.48. The van der Waals surface area contributed by atoms with Crippen molar-refractivity contribution in [1.29, 1.82) is 0 Å². The van der Waals surface area contributed by atoms with Gasteiger partial charge in [0.05, 0.1) is 5.56 Å². The van der Waals surface area contributed by atoms with Crippen molar-refractivity contribution in [3.05, 3.63) is 34.2 Å². The normalized spacial score (nSPS) is 14.6. The Bertz CT molecular complexity index is 736. The van der Waals surface area contributed by atoms with Gasteiger partial charge in [0.1, 0.15) is 10.7 Å². The molecule has 0 radical (unpaired) electrons. The minimum atomic E-state index is -1.33. The number of hydrogen-bond donors (Lipinski definition) is 3. The van der Waals surface area contributed by atoms with Gasteiger partial charge in [-0.1, -0.05) is 0 Å². The van der Waals surface area contributed by atoms with Gasteiger partial charge in [-0.3, -0.25) is 9.59 Å². The molecular weight excluding hydrogens is 294 g/mol. The van der Waals surface area contributed by atoms with E-state index in [2.05, 4.69) is 5.32 Å². The molecule has 110 valence electrons. The maximum atomic E-state index is 11.8. The third-order valence-electron chi connectivity index (χ3n) is 3.35. The first-order valence-corrected chi connectivity index (χ1v) is 7.17. The molecule has 3 rings (SSSR count). The topological polar surface area (TPSA) is 123 Å². The number of nitrogens with one attached hydrogen (secondary N) is 2. The van der Waals surface area contributed by atoms with Crippen LogP contribution in [0.15, 0.2) is 18.2 Å². The number of fused-ring (bicyclic) bond motifs is 1. The highest BCUT2D eigenvalue weighted by Gasteiger charge is 2.31. The largest absolute Gasteiger partial charge is 0.628 e. The van der Waals surface area contributed by atoms with Crippen LogP contribution in [0.5, 0.6) is 0 Å². The minimum Gasteiger partial charge on any atom is -0.628 e. The lowest BCUT2D eigenvalue weighted by Gasteiger charge is -2.24. The quantitative estimate of drug-likeness (QED) is 0.725. The fourth-order valence-electron chi connectivity index (χ4n) is 2.12. The van der Waals surface area contributed by atoms with Crippen molar-refractivity contribution in [3.63, 3.8) is 0 Å². The monoisotopic (exact) mass is 306 g/mol. The second-order valence-electron chi connectivity index (χ2n) is 4.93. The fraction of sp³-hybridized carbons (Fsp3) is 0.231. The molecular formula is C13H12N3O4S-. The standard InChI is InChI=1S/C13H12N3O4S/c14-11(17)10-8-5-7(16(19)20)3-4-9(8)21-13(10)15-12(18)6-1-2-6/h3-6,16H,1-2H2,(H2,14,17)(H,15,18)/q-1. The Morgan fingerprint density at radius 3 is 2.62 bits per heavy atom. The molecule has 0 bridgehead atoms. The first-order valence-electron chi connectivity index (χ1n) is 6.36. The zero-order chi connectivity index (χ0) is 15.1. The van der Waals surface area contributed by atoms with Gasteiger partial charge in [0, 0.05) is 28.1 Å². The van der Waals surface area contributed by atoms with Gasteiger partial charge in [0.25, 0.3) is 5.91 Å². The first kappa shape index (κ1) is 14.0. The number of thiophene rings is 1. The van der Waals surface area contributed by atoms with E-state index in [0.29, 0.717) is 15.1 Å². The molecule has 0 atom stereocenters. The van der Waals surface area contributed by atoms with Crippen LogP contribution in [0.4, 0.5) is 10.7 Å². The molecule has 0 spiro atoms. The van der Waals surface area contributed by atoms with Gasteiger partial charge in [-0.05, 0) is 18.9 Å². The number of carbonyl (C=O) groups is 2. The van der Waals surface area contributed by atoms with E-state index in [0.717, 1.165) is 12.8 Å². The Morgan fingerprint density at radius 2 is 2.05 bits per heavy atom. The highest BCUT2D eigenvalue weighted by Crippen LogP contribution is 2.38. The van der Waals surface area contributed by atoms with E-state index in [1.807, 2.05) is 0 Å². The SMILES string of the molecule is NC(=O)c1c(NC(=O)C2CC2)sc2ccc([NH+]([O-])[O-])cc12. The van der Waals surface area contributed by atoms with Crippen LogP contribution in [0.2, 0.25) is 0 Å². The third kappa shape index (κ3) is 2.61. The van der Waals surface area contributed by atoms with Gasteiger partial charge in [-0.25, -0.2) is 0 Å². The van der Waals surface area contributed by atoms with Crippen LogP contribution in [-0.4, -0.2) is 11.8 Å². The molecule has 1 saturated carbocycles. The van der Waals surface area contributed by atoms with E-state index in [-0.39, 0.29) is 23.1 Å². The van der Waals surface area contributed by atoms with Gasteiger partial charge in [0.2, 0.25) is 5.91 Å². The second kappa shape index (κ2) is 5.08. The van der Waals surface area contributed by atoms with E-state index in [1.165, 1.54) is 23.5 Å². The maximum Gasteiger partial charge on any atom is 0.252 e. The van der Waals surface area contributed by atoms with Crippen molar-refractivity contribution in [2.24, 2.45) is 11.7 Å². The van der Waals surface area contributed by atoms with Crippen molar-refractivity contribution in [1.82, 2.24) is 0 Å². The van der Waals surface area contributed by atoms with Crippen molar-refractivity contribution in [2.45, 2.75) is 12.8 Å². The summed E-state index contributed by atoms with van der Waals surface area (Å²) in [5, 5.41) is 24.0. The van der Waals surface area contributed by atoms with Crippen LogP contribution in [0, 0.1) is 16.3 Å². The Labute approximate surface area is 123 Å². The number of rotatable bonds is 4. The van der Waals surface area contributed by atoms with Crippen molar-refractivity contribution in [2.75, 3.05) is 5.32 Å². The van der Waals surface area contributed by atoms with Crippen LogP contribution in [-0.2, 0) is 4.79 Å². The molecule has 1 fully saturated rings. The van der Waals surface area contributed by atoms with E-state index in [1.54, 1.807) is 6.07 Å². The summed E-state index contributed by atoms with van der Waals surface area (Å²) in [4.78, 5) is 23.5. The molecule has 2 amide bonds. The summed E-state index contributed by atoms with van der Waals surface area (Å²) in [7, 11) is 0. The second-order valence-corrected chi connectivity index (χ2v) is 5.98. The van der Waals surface area contributed by atoms with Gasteiger partial charge < -0.3 is 26.7 Å². The molecule has 0 saturated heterocycles. The number of carbonyl (C=O) groups excluding carboxylic acids is 2. The summed E-state index contributed by atoms with van der Waals surface area (Å²) in [6.07, 6.45) is 1.69. The molecule has 1 aromatic heterocycles. The van der Waals surface area contributed by atoms with E-state index >= 15 is 0 Å². The third-order valence-corrected chi connectivity index (χ3v) is 4.44. The lowest BCUT2D eigenvalue weighted by Crippen LogP contribution is -2.96. The molecule has 0 unspecified atom stereocenters. The zero-order valence-electron chi connectivity index (χ0n) is 10.8. The number of nitrogens with two attached hydrogens (primary N) is 1. The predicted octanol–water partition coefficient (Wildman–Crippen LogP) is 0.861. The zero-order valence-corrected chi connectivity index (χ0v) is 11.7. The molecule has 0 aliphatic heterocycles. The molecule has 7 nitrogen and oxygen atoms in total. The Balaban J connectivity index is 2.08. The number of anilines is 1. The van der Waals surface area contributed by atoms with E-state index in [9.17, 15) is 20.0 Å². The summed E-state index contributed by atoms with van der Waals surface area (Å²) < 4.78 is 0.680. The van der Waals surface area contributed by atoms with Gasteiger partial charge in [0.15, 0.2) is 0 Å². The summed E-state index contributed by atoms with van der Waals surface area (Å²) >= 11 is 1.20. The Hall–Kier alpha value is -2.00. The summed E-state index contributed by atoms with van der Waals surface area (Å²) in [5.74, 6) is -0.846. The predicted molar refractivity (Wildman–Crippen MR) is 79.1 cm³/mol. The molecule has 1 aliphatic rings. The molecule has 21 heavy (non-hydrogen) atoms. The number of quaternary nitrogens is 1. The van der Waals surface area contributed by atoms with E-state index in [4.69, 9.17) is 5.73 Å². The molecule has 2 aromatic rings. The van der Waals surface area contributed by atoms with Crippen LogP contribution in [0.25, 0.3) is 10.1 Å². The highest BCUT2D eigenvalue weighted by atomic mass is 32.1. The molecule has 1 heterocycles. The lowest BCUT2D eigenvalue weighted by atomic mass is 10.1. The van der Waals surface area contributed by atoms with Crippen molar-refractivity contribution < 1.29 is 14.8 Å². The number of primary amides is 1. The maximum absolute atomic E-state index is 11.8. The number of benzene rings is 1. The van der Waals surface area contributed by atoms with Gasteiger partial charge in [-0.15, -0.1) is 11.3 Å². The summed E-state index contributed by atoms with van der Waals surface area (Å²) in [6, 6.07) is 4.31. The van der Waals surface area contributed by atoms with Crippen LogP contribution < -0.4 is 16.3 Å².